The standard InChI is InChI=1S/C22H25N5O3/c1-16-21(27(29)30)17(2)26(24-16)15-18-9-11-19(12-10-18)22(28)23-13-14-25(3)20-7-5-4-6-8-20/h4-12H,13-15H2,1-3H3,(H,23,28). The zero-order chi connectivity index (χ0) is 21.7. The van der Waals surface area contributed by atoms with Gasteiger partial charge in [0.05, 0.1) is 11.5 Å². The highest BCUT2D eigenvalue weighted by atomic mass is 16.6. The van der Waals surface area contributed by atoms with Crippen LogP contribution in [0.1, 0.15) is 27.3 Å². The van der Waals surface area contributed by atoms with E-state index in [4.69, 9.17) is 0 Å². The van der Waals surface area contributed by atoms with Crippen molar-refractivity contribution in [2.75, 3.05) is 25.0 Å². The Morgan fingerprint density at radius 1 is 1.13 bits per heavy atom. The van der Waals surface area contributed by atoms with E-state index < -0.39 is 4.92 Å². The van der Waals surface area contributed by atoms with Gasteiger partial charge in [0.25, 0.3) is 5.91 Å². The molecule has 0 atom stereocenters. The maximum Gasteiger partial charge on any atom is 0.312 e. The maximum atomic E-state index is 12.4. The van der Waals surface area contributed by atoms with Gasteiger partial charge in [-0.25, -0.2) is 0 Å². The van der Waals surface area contributed by atoms with Gasteiger partial charge in [-0.15, -0.1) is 0 Å². The molecular formula is C22H25N5O3. The predicted molar refractivity (Wildman–Crippen MR) is 116 cm³/mol. The summed E-state index contributed by atoms with van der Waals surface area (Å²) in [6, 6.07) is 17.2. The molecule has 0 spiro atoms. The van der Waals surface area contributed by atoms with Gasteiger partial charge in [-0.3, -0.25) is 19.6 Å². The number of rotatable bonds is 8. The van der Waals surface area contributed by atoms with E-state index in [2.05, 4.69) is 15.3 Å². The largest absolute Gasteiger partial charge is 0.373 e. The summed E-state index contributed by atoms with van der Waals surface area (Å²) in [5, 5.41) is 18.3. The van der Waals surface area contributed by atoms with E-state index in [0.717, 1.165) is 11.3 Å². The fourth-order valence-corrected chi connectivity index (χ4v) is 3.29. The minimum Gasteiger partial charge on any atom is -0.373 e. The molecule has 0 unspecified atom stereocenters. The molecular weight excluding hydrogens is 382 g/mol. The van der Waals surface area contributed by atoms with Crippen molar-refractivity contribution in [3.8, 4) is 0 Å². The van der Waals surface area contributed by atoms with Gasteiger partial charge in [-0.1, -0.05) is 30.3 Å². The molecule has 2 aromatic carbocycles. The number of aromatic nitrogens is 2. The zero-order valence-corrected chi connectivity index (χ0v) is 17.3. The van der Waals surface area contributed by atoms with E-state index in [1.165, 1.54) is 0 Å². The molecule has 8 nitrogen and oxygen atoms in total. The van der Waals surface area contributed by atoms with Gasteiger partial charge in [0.15, 0.2) is 0 Å². The Bertz CT molecular complexity index is 1030. The summed E-state index contributed by atoms with van der Waals surface area (Å²) >= 11 is 0. The average molecular weight is 407 g/mol. The second-order valence-corrected chi connectivity index (χ2v) is 7.14. The summed E-state index contributed by atoms with van der Waals surface area (Å²) in [5.41, 5.74) is 3.54. The monoisotopic (exact) mass is 407 g/mol. The predicted octanol–water partition coefficient (Wildman–Crippen LogP) is 3.32. The van der Waals surface area contributed by atoms with E-state index >= 15 is 0 Å². The van der Waals surface area contributed by atoms with Crippen molar-refractivity contribution in [3.05, 3.63) is 87.2 Å². The number of nitrogens with one attached hydrogen (secondary N) is 1. The van der Waals surface area contributed by atoms with Gasteiger partial charge in [0.1, 0.15) is 11.4 Å². The smallest absolute Gasteiger partial charge is 0.312 e. The Morgan fingerprint density at radius 2 is 1.80 bits per heavy atom. The lowest BCUT2D eigenvalue weighted by molar-refractivity contribution is -0.386. The van der Waals surface area contributed by atoms with Crippen LogP contribution in [0.5, 0.6) is 0 Å². The van der Waals surface area contributed by atoms with Crippen LogP contribution in [0.15, 0.2) is 54.6 Å². The Labute approximate surface area is 175 Å². The number of nitro groups is 1. The SMILES string of the molecule is Cc1nn(Cc2ccc(C(=O)NCCN(C)c3ccccc3)cc2)c(C)c1[N+](=O)[O-]. The van der Waals surface area contributed by atoms with E-state index in [9.17, 15) is 14.9 Å². The molecule has 1 heterocycles. The molecule has 156 valence electrons. The van der Waals surface area contributed by atoms with Crippen LogP contribution in [-0.4, -0.2) is 40.7 Å². The molecule has 1 amide bonds. The van der Waals surface area contributed by atoms with Crippen LogP contribution in [0.2, 0.25) is 0 Å². The number of amides is 1. The van der Waals surface area contributed by atoms with Crippen molar-refractivity contribution >= 4 is 17.3 Å². The zero-order valence-electron chi connectivity index (χ0n) is 17.3. The first kappa shape index (κ1) is 21.0. The number of likely N-dealkylation sites (N-methyl/N-ethyl adjacent to an activating group) is 1. The minimum atomic E-state index is -0.406. The van der Waals surface area contributed by atoms with Gasteiger partial charge in [0.2, 0.25) is 0 Å². The topological polar surface area (TPSA) is 93.3 Å². The molecule has 1 N–H and O–H groups in total. The number of carbonyl (C=O) groups is 1. The number of aryl methyl sites for hydroxylation is 1. The van der Waals surface area contributed by atoms with Crippen LogP contribution >= 0.6 is 0 Å². The number of benzene rings is 2. The molecule has 0 aliphatic heterocycles. The van der Waals surface area contributed by atoms with Gasteiger partial charge >= 0.3 is 5.69 Å². The van der Waals surface area contributed by atoms with Crippen molar-refractivity contribution in [3.63, 3.8) is 0 Å². The summed E-state index contributed by atoms with van der Waals surface area (Å²) in [4.78, 5) is 25.2. The Hall–Kier alpha value is -3.68. The number of hydrogen-bond acceptors (Lipinski definition) is 5. The lowest BCUT2D eigenvalue weighted by Crippen LogP contribution is -2.32. The van der Waals surface area contributed by atoms with Crippen molar-refractivity contribution in [2.45, 2.75) is 20.4 Å². The highest BCUT2D eigenvalue weighted by molar-refractivity contribution is 5.94. The van der Waals surface area contributed by atoms with E-state index in [0.29, 0.717) is 36.6 Å². The molecule has 3 aromatic rings. The first-order chi connectivity index (χ1) is 14.4. The number of para-hydroxylation sites is 1. The van der Waals surface area contributed by atoms with E-state index in [-0.39, 0.29) is 11.6 Å². The summed E-state index contributed by atoms with van der Waals surface area (Å²) < 4.78 is 1.61. The van der Waals surface area contributed by atoms with Crippen LogP contribution in [0.25, 0.3) is 0 Å². The Balaban J connectivity index is 1.56. The molecule has 0 bridgehead atoms. The lowest BCUT2D eigenvalue weighted by atomic mass is 10.1. The van der Waals surface area contributed by atoms with Crippen LogP contribution in [0, 0.1) is 24.0 Å². The molecule has 3 rings (SSSR count). The van der Waals surface area contributed by atoms with Crippen molar-refractivity contribution in [1.29, 1.82) is 0 Å². The first-order valence-electron chi connectivity index (χ1n) is 9.68. The molecule has 1 aromatic heterocycles. The molecule has 0 saturated heterocycles. The highest BCUT2D eigenvalue weighted by Gasteiger charge is 2.21. The van der Waals surface area contributed by atoms with Crippen LogP contribution < -0.4 is 10.2 Å². The summed E-state index contributed by atoms with van der Waals surface area (Å²) in [6.07, 6.45) is 0. The van der Waals surface area contributed by atoms with Crippen LogP contribution in [-0.2, 0) is 6.54 Å². The van der Waals surface area contributed by atoms with Gasteiger partial charge in [-0.2, -0.15) is 5.10 Å². The Kier molecular flexibility index (Phi) is 6.46. The highest BCUT2D eigenvalue weighted by Crippen LogP contribution is 2.22. The second-order valence-electron chi connectivity index (χ2n) is 7.14. The molecule has 8 heteroatoms. The van der Waals surface area contributed by atoms with Crippen LogP contribution in [0.4, 0.5) is 11.4 Å². The molecule has 0 aliphatic rings. The number of hydrogen-bond donors (Lipinski definition) is 1. The maximum absolute atomic E-state index is 12.4. The van der Waals surface area contributed by atoms with Crippen molar-refractivity contribution in [2.24, 2.45) is 0 Å². The van der Waals surface area contributed by atoms with Crippen molar-refractivity contribution in [1.82, 2.24) is 15.1 Å². The lowest BCUT2D eigenvalue weighted by Gasteiger charge is -2.19. The molecule has 0 radical (unpaired) electrons. The number of carbonyl (C=O) groups excluding carboxylic acids is 1. The minimum absolute atomic E-state index is 0.0477. The van der Waals surface area contributed by atoms with E-state index in [1.807, 2.05) is 49.5 Å². The van der Waals surface area contributed by atoms with Gasteiger partial charge in [0, 0.05) is 31.4 Å². The van der Waals surface area contributed by atoms with Gasteiger partial charge < -0.3 is 10.2 Å². The fraction of sp³-hybridized carbons (Fsp3) is 0.273. The van der Waals surface area contributed by atoms with Crippen LogP contribution in [0.3, 0.4) is 0 Å². The number of anilines is 1. The normalized spacial score (nSPS) is 10.6. The molecule has 0 fully saturated rings. The molecule has 0 aliphatic carbocycles. The third-order valence-corrected chi connectivity index (χ3v) is 5.00. The van der Waals surface area contributed by atoms with E-state index in [1.54, 1.807) is 30.7 Å². The quantitative estimate of drug-likeness (QED) is 0.457. The summed E-state index contributed by atoms with van der Waals surface area (Å²) in [7, 11) is 1.99. The second kappa shape index (κ2) is 9.21. The van der Waals surface area contributed by atoms with Crippen molar-refractivity contribution < 1.29 is 9.72 Å². The fourth-order valence-electron chi connectivity index (χ4n) is 3.29. The molecule has 0 saturated carbocycles. The first-order valence-corrected chi connectivity index (χ1v) is 9.68. The third-order valence-electron chi connectivity index (χ3n) is 5.00. The number of nitrogens with zero attached hydrogens (tertiary/aromatic N) is 4. The third kappa shape index (κ3) is 4.83. The summed E-state index contributed by atoms with van der Waals surface area (Å²) in [6.45, 7) is 4.95. The van der Waals surface area contributed by atoms with Gasteiger partial charge in [-0.05, 0) is 43.7 Å². The molecule has 30 heavy (non-hydrogen) atoms. The average Bonchev–Trinajstić information content (AvgIpc) is 3.02. The summed E-state index contributed by atoms with van der Waals surface area (Å²) in [5.74, 6) is -0.134. The Morgan fingerprint density at radius 3 is 2.40 bits per heavy atom.